The number of hydrogen-bond donors (Lipinski definition) is 1. The summed E-state index contributed by atoms with van der Waals surface area (Å²) in [6.07, 6.45) is 0.356. The van der Waals surface area contributed by atoms with Crippen LogP contribution in [0.2, 0.25) is 0 Å². The van der Waals surface area contributed by atoms with Crippen molar-refractivity contribution >= 4 is 27.5 Å². The third-order valence-electron chi connectivity index (χ3n) is 6.77. The monoisotopic (exact) mass is 579 g/mol. The minimum Gasteiger partial charge on any atom is -0.497 e. The fraction of sp³-hybridized carbons (Fsp3) is 0.375. The number of sulfonamides is 1. The van der Waals surface area contributed by atoms with Crippen molar-refractivity contribution in [2.75, 3.05) is 24.5 Å². The number of amides is 2. The highest BCUT2D eigenvalue weighted by Gasteiger charge is 2.33. The van der Waals surface area contributed by atoms with E-state index < -0.39 is 28.5 Å². The molecule has 1 unspecified atom stereocenters. The Morgan fingerprint density at radius 1 is 0.927 bits per heavy atom. The molecular weight excluding hydrogens is 538 g/mol. The molecular formula is C32H41N3O5S. The molecule has 3 aromatic carbocycles. The number of aryl methyl sites for hydroxylation is 2. The highest BCUT2D eigenvalue weighted by atomic mass is 32.2. The summed E-state index contributed by atoms with van der Waals surface area (Å²) in [4.78, 5) is 29.0. The Labute approximate surface area is 244 Å². The minimum absolute atomic E-state index is 0.0811. The number of nitrogens with one attached hydrogen (secondary N) is 1. The van der Waals surface area contributed by atoms with E-state index in [-0.39, 0.29) is 23.3 Å². The van der Waals surface area contributed by atoms with E-state index in [0.717, 1.165) is 21.0 Å². The number of anilines is 1. The molecule has 0 saturated carbocycles. The van der Waals surface area contributed by atoms with Crippen LogP contribution in [0.5, 0.6) is 5.75 Å². The first-order valence-corrected chi connectivity index (χ1v) is 15.3. The molecule has 2 amide bonds. The number of hydrogen-bond acceptors (Lipinski definition) is 5. The summed E-state index contributed by atoms with van der Waals surface area (Å²) >= 11 is 0. The lowest BCUT2D eigenvalue weighted by Gasteiger charge is -2.33. The molecule has 0 bridgehead atoms. The van der Waals surface area contributed by atoms with Gasteiger partial charge in [-0.15, -0.1) is 0 Å². The molecule has 1 N–H and O–H groups in total. The van der Waals surface area contributed by atoms with Crippen LogP contribution in [0.3, 0.4) is 0 Å². The van der Waals surface area contributed by atoms with E-state index in [1.54, 1.807) is 67.8 Å². The Balaban J connectivity index is 2.05. The molecule has 220 valence electrons. The van der Waals surface area contributed by atoms with Gasteiger partial charge in [-0.05, 0) is 68.1 Å². The van der Waals surface area contributed by atoms with Crippen molar-refractivity contribution in [3.63, 3.8) is 0 Å². The molecule has 3 aromatic rings. The first-order valence-electron chi connectivity index (χ1n) is 13.8. The second-order valence-corrected chi connectivity index (χ2v) is 12.5. The summed E-state index contributed by atoms with van der Waals surface area (Å²) < 4.78 is 34.4. The molecule has 0 spiro atoms. The Hall–Kier alpha value is -3.85. The summed E-state index contributed by atoms with van der Waals surface area (Å²) in [7, 11) is -2.54. The van der Waals surface area contributed by atoms with Crippen molar-refractivity contribution in [1.29, 1.82) is 0 Å². The van der Waals surface area contributed by atoms with Gasteiger partial charge in [-0.1, -0.05) is 68.3 Å². The Kier molecular flexibility index (Phi) is 10.9. The van der Waals surface area contributed by atoms with E-state index in [1.165, 1.54) is 4.90 Å². The normalized spacial score (nSPS) is 12.1. The molecule has 9 heteroatoms. The van der Waals surface area contributed by atoms with E-state index in [0.29, 0.717) is 24.4 Å². The Morgan fingerprint density at radius 2 is 1.54 bits per heavy atom. The molecule has 0 heterocycles. The molecule has 0 aliphatic carbocycles. The molecule has 0 fully saturated rings. The Morgan fingerprint density at radius 3 is 2.10 bits per heavy atom. The van der Waals surface area contributed by atoms with Crippen molar-refractivity contribution in [3.8, 4) is 5.75 Å². The van der Waals surface area contributed by atoms with Crippen LogP contribution >= 0.6 is 0 Å². The van der Waals surface area contributed by atoms with Crippen molar-refractivity contribution in [2.45, 2.75) is 58.5 Å². The van der Waals surface area contributed by atoms with Crippen molar-refractivity contribution in [3.05, 3.63) is 89.5 Å². The summed E-state index contributed by atoms with van der Waals surface area (Å²) in [6, 6.07) is 20.0. The number of methoxy groups -OCH3 is 1. The van der Waals surface area contributed by atoms with E-state index in [9.17, 15) is 18.0 Å². The van der Waals surface area contributed by atoms with Crippen LogP contribution in [0, 0.1) is 19.8 Å². The second-order valence-electron chi connectivity index (χ2n) is 10.6. The predicted octanol–water partition coefficient (Wildman–Crippen LogP) is 5.09. The van der Waals surface area contributed by atoms with Crippen LogP contribution in [0.15, 0.2) is 77.7 Å². The summed E-state index contributed by atoms with van der Waals surface area (Å²) in [5.74, 6) is 0.0856. The van der Waals surface area contributed by atoms with Crippen molar-refractivity contribution < 1.29 is 22.7 Å². The maximum absolute atomic E-state index is 14.1. The number of ether oxygens (including phenoxy) is 1. The van der Waals surface area contributed by atoms with Crippen LogP contribution in [0.4, 0.5) is 5.69 Å². The number of carbonyl (C=O) groups is 2. The third-order valence-corrected chi connectivity index (χ3v) is 8.56. The molecule has 0 saturated heterocycles. The van der Waals surface area contributed by atoms with Gasteiger partial charge in [-0.3, -0.25) is 13.9 Å². The zero-order valence-corrected chi connectivity index (χ0v) is 25.6. The minimum atomic E-state index is -4.10. The van der Waals surface area contributed by atoms with Gasteiger partial charge in [0.25, 0.3) is 10.0 Å². The van der Waals surface area contributed by atoms with Crippen LogP contribution in [-0.2, 0) is 26.2 Å². The average molecular weight is 580 g/mol. The first kappa shape index (κ1) is 31.7. The zero-order valence-electron chi connectivity index (χ0n) is 24.8. The fourth-order valence-corrected chi connectivity index (χ4v) is 5.80. The van der Waals surface area contributed by atoms with Crippen molar-refractivity contribution in [1.82, 2.24) is 10.2 Å². The smallest absolute Gasteiger partial charge is 0.264 e. The lowest BCUT2D eigenvalue weighted by atomic mass is 10.1. The van der Waals surface area contributed by atoms with E-state index in [2.05, 4.69) is 5.32 Å². The topological polar surface area (TPSA) is 96.0 Å². The lowest BCUT2D eigenvalue weighted by molar-refractivity contribution is -0.140. The summed E-state index contributed by atoms with van der Waals surface area (Å²) in [5, 5.41) is 2.94. The standard InChI is InChI=1S/C32H41N3O5S/c1-7-30(32(37)33-20-23(2)3)34(21-26-9-8-10-28(19-26)40-6)31(36)22-35(27-15-11-24(4)12-16-27)41(38,39)29-17-13-25(5)14-18-29/h8-19,23,30H,7,20-22H2,1-6H3,(H,33,37). The number of benzene rings is 3. The number of rotatable bonds is 13. The van der Waals surface area contributed by atoms with Gasteiger partial charge >= 0.3 is 0 Å². The van der Waals surface area contributed by atoms with Gasteiger partial charge in [0.2, 0.25) is 11.8 Å². The average Bonchev–Trinajstić information content (AvgIpc) is 2.95. The molecule has 0 radical (unpaired) electrons. The fourth-order valence-electron chi connectivity index (χ4n) is 4.39. The first-order chi connectivity index (χ1) is 19.5. The van der Waals surface area contributed by atoms with Gasteiger partial charge in [0, 0.05) is 13.1 Å². The van der Waals surface area contributed by atoms with E-state index in [4.69, 9.17) is 4.74 Å². The van der Waals surface area contributed by atoms with Gasteiger partial charge in [-0.2, -0.15) is 0 Å². The number of carbonyl (C=O) groups excluding carboxylic acids is 2. The molecule has 1 atom stereocenters. The molecule has 41 heavy (non-hydrogen) atoms. The maximum Gasteiger partial charge on any atom is 0.264 e. The predicted molar refractivity (Wildman–Crippen MR) is 162 cm³/mol. The van der Waals surface area contributed by atoms with Gasteiger partial charge in [0.15, 0.2) is 0 Å². The van der Waals surface area contributed by atoms with Crippen LogP contribution in [0.1, 0.15) is 43.9 Å². The highest BCUT2D eigenvalue weighted by molar-refractivity contribution is 7.92. The summed E-state index contributed by atoms with van der Waals surface area (Å²) in [6.45, 7) is 9.72. The SMILES string of the molecule is CCC(C(=O)NCC(C)C)N(Cc1cccc(OC)c1)C(=O)CN(c1ccc(C)cc1)S(=O)(=O)c1ccc(C)cc1. The van der Waals surface area contributed by atoms with Gasteiger partial charge in [0.1, 0.15) is 18.3 Å². The van der Waals surface area contributed by atoms with Crippen LogP contribution in [-0.4, -0.2) is 51.4 Å². The molecule has 0 aliphatic heterocycles. The maximum atomic E-state index is 14.1. The largest absolute Gasteiger partial charge is 0.497 e. The summed E-state index contributed by atoms with van der Waals surface area (Å²) in [5.41, 5.74) is 3.00. The molecule has 0 aliphatic rings. The van der Waals surface area contributed by atoms with Crippen molar-refractivity contribution in [2.24, 2.45) is 5.92 Å². The quantitative estimate of drug-likeness (QED) is 0.305. The van der Waals surface area contributed by atoms with Gasteiger partial charge in [0.05, 0.1) is 17.7 Å². The zero-order chi connectivity index (χ0) is 30.2. The second kappa shape index (κ2) is 14.2. The third kappa shape index (κ3) is 8.33. The van der Waals surface area contributed by atoms with Crippen LogP contribution in [0.25, 0.3) is 0 Å². The van der Waals surface area contributed by atoms with E-state index >= 15 is 0 Å². The molecule has 8 nitrogen and oxygen atoms in total. The Bertz CT molecular complexity index is 1420. The van der Waals surface area contributed by atoms with Gasteiger partial charge in [-0.25, -0.2) is 8.42 Å². The van der Waals surface area contributed by atoms with Gasteiger partial charge < -0.3 is 15.0 Å². The van der Waals surface area contributed by atoms with Crippen LogP contribution < -0.4 is 14.4 Å². The highest BCUT2D eigenvalue weighted by Crippen LogP contribution is 2.26. The molecule has 0 aromatic heterocycles. The lowest BCUT2D eigenvalue weighted by Crippen LogP contribution is -2.52. The van der Waals surface area contributed by atoms with E-state index in [1.807, 2.05) is 46.8 Å². The number of nitrogens with zero attached hydrogens (tertiary/aromatic N) is 2. The molecule has 3 rings (SSSR count).